The highest BCUT2D eigenvalue weighted by molar-refractivity contribution is 7.98. The zero-order valence-electron chi connectivity index (χ0n) is 13.6. The molecule has 4 nitrogen and oxygen atoms in total. The summed E-state index contributed by atoms with van der Waals surface area (Å²) in [6, 6.07) is 7.81. The van der Waals surface area contributed by atoms with E-state index in [0.29, 0.717) is 5.16 Å². The van der Waals surface area contributed by atoms with Crippen LogP contribution < -0.4 is 5.32 Å². The average Bonchev–Trinajstić information content (AvgIpc) is 2.48. The third kappa shape index (κ3) is 3.85. The topological polar surface area (TPSA) is 54.9 Å². The second-order valence-electron chi connectivity index (χ2n) is 6.18. The number of aromatic nitrogens is 2. The molecule has 0 aliphatic heterocycles. The number of amides is 1. The fraction of sp³-hybridized carbons (Fsp3) is 0.353. The summed E-state index contributed by atoms with van der Waals surface area (Å²) < 4.78 is 0. The molecule has 0 aliphatic rings. The van der Waals surface area contributed by atoms with Gasteiger partial charge in [0.15, 0.2) is 5.16 Å². The summed E-state index contributed by atoms with van der Waals surface area (Å²) in [5.74, 6) is -0.0169. The predicted molar refractivity (Wildman–Crippen MR) is 92.1 cm³/mol. The molecule has 0 bridgehead atoms. The summed E-state index contributed by atoms with van der Waals surface area (Å²) in [4.78, 5) is 21.0. The maximum Gasteiger partial charge on any atom is 0.229 e. The van der Waals surface area contributed by atoms with Crippen molar-refractivity contribution in [1.29, 1.82) is 0 Å². The van der Waals surface area contributed by atoms with Crippen molar-refractivity contribution in [2.45, 2.75) is 32.9 Å². The van der Waals surface area contributed by atoms with E-state index < -0.39 is 5.41 Å². The van der Waals surface area contributed by atoms with Crippen molar-refractivity contribution >= 4 is 23.4 Å². The van der Waals surface area contributed by atoms with Crippen molar-refractivity contribution in [2.24, 2.45) is 5.41 Å². The Kier molecular flexibility index (Phi) is 4.86. The Morgan fingerprint density at radius 3 is 2.59 bits per heavy atom. The SMILES string of the molecule is CSc1nccc(-c2cc(C)ccc2NC(=O)C(C)(C)C)n1. The van der Waals surface area contributed by atoms with Crippen LogP contribution in [0.15, 0.2) is 35.6 Å². The first-order valence-corrected chi connectivity index (χ1v) is 8.33. The van der Waals surface area contributed by atoms with E-state index in [-0.39, 0.29) is 5.91 Å². The fourth-order valence-corrected chi connectivity index (χ4v) is 2.23. The van der Waals surface area contributed by atoms with Gasteiger partial charge in [-0.2, -0.15) is 0 Å². The third-order valence-electron chi connectivity index (χ3n) is 3.20. The number of aryl methyl sites for hydroxylation is 1. The maximum atomic E-state index is 12.3. The van der Waals surface area contributed by atoms with Gasteiger partial charge in [0, 0.05) is 17.2 Å². The zero-order valence-corrected chi connectivity index (χ0v) is 14.4. The number of carbonyl (C=O) groups is 1. The molecule has 0 radical (unpaired) electrons. The van der Waals surface area contributed by atoms with E-state index in [1.807, 2.05) is 58.2 Å². The molecule has 2 aromatic rings. The second-order valence-corrected chi connectivity index (χ2v) is 6.96. The van der Waals surface area contributed by atoms with Crippen molar-refractivity contribution in [3.63, 3.8) is 0 Å². The van der Waals surface area contributed by atoms with Gasteiger partial charge in [-0.3, -0.25) is 4.79 Å². The number of hydrogen-bond donors (Lipinski definition) is 1. The van der Waals surface area contributed by atoms with Gasteiger partial charge in [-0.1, -0.05) is 44.2 Å². The lowest BCUT2D eigenvalue weighted by molar-refractivity contribution is -0.123. The first-order valence-electron chi connectivity index (χ1n) is 7.11. The third-order valence-corrected chi connectivity index (χ3v) is 3.76. The molecule has 0 atom stereocenters. The summed E-state index contributed by atoms with van der Waals surface area (Å²) in [5.41, 5.74) is 3.17. The number of anilines is 1. The van der Waals surface area contributed by atoms with Crippen LogP contribution in [0.2, 0.25) is 0 Å². The Labute approximate surface area is 135 Å². The van der Waals surface area contributed by atoms with Crippen molar-refractivity contribution in [3.05, 3.63) is 36.0 Å². The largest absolute Gasteiger partial charge is 0.325 e. The molecule has 5 heteroatoms. The number of thioether (sulfide) groups is 1. The molecule has 0 unspecified atom stereocenters. The number of carbonyl (C=O) groups excluding carboxylic acids is 1. The highest BCUT2D eigenvalue weighted by Gasteiger charge is 2.22. The minimum Gasteiger partial charge on any atom is -0.325 e. The van der Waals surface area contributed by atoms with Crippen LogP contribution in [-0.2, 0) is 4.79 Å². The maximum absolute atomic E-state index is 12.3. The van der Waals surface area contributed by atoms with Crippen molar-refractivity contribution in [1.82, 2.24) is 9.97 Å². The molecular formula is C17H21N3OS. The molecule has 0 saturated heterocycles. The van der Waals surface area contributed by atoms with Crippen LogP contribution in [0.5, 0.6) is 0 Å². The molecule has 1 heterocycles. The van der Waals surface area contributed by atoms with Crippen LogP contribution in [0.25, 0.3) is 11.3 Å². The standard InChI is InChI=1S/C17H21N3OS/c1-11-6-7-13(19-15(21)17(2,3)4)12(10-11)14-8-9-18-16(20-14)22-5/h6-10H,1-5H3,(H,19,21). The Balaban J connectivity index is 2.46. The first-order chi connectivity index (χ1) is 10.3. The monoisotopic (exact) mass is 315 g/mol. The summed E-state index contributed by atoms with van der Waals surface area (Å²) in [6.07, 6.45) is 3.68. The number of nitrogens with one attached hydrogen (secondary N) is 1. The molecule has 1 aromatic carbocycles. The number of rotatable bonds is 3. The lowest BCUT2D eigenvalue weighted by Crippen LogP contribution is -2.27. The quantitative estimate of drug-likeness (QED) is 0.682. The molecular weight excluding hydrogens is 294 g/mol. The lowest BCUT2D eigenvalue weighted by Gasteiger charge is -2.19. The van der Waals surface area contributed by atoms with Crippen LogP contribution in [0.4, 0.5) is 5.69 Å². The highest BCUT2D eigenvalue weighted by atomic mass is 32.2. The van der Waals surface area contributed by atoms with E-state index in [9.17, 15) is 4.79 Å². The smallest absolute Gasteiger partial charge is 0.229 e. The van der Waals surface area contributed by atoms with E-state index in [0.717, 1.165) is 22.5 Å². The van der Waals surface area contributed by atoms with Gasteiger partial charge >= 0.3 is 0 Å². The lowest BCUT2D eigenvalue weighted by atomic mass is 9.95. The summed E-state index contributed by atoms with van der Waals surface area (Å²) >= 11 is 1.50. The Hall–Kier alpha value is -1.88. The molecule has 1 N–H and O–H groups in total. The molecule has 1 aromatic heterocycles. The molecule has 0 aliphatic carbocycles. The molecule has 22 heavy (non-hydrogen) atoms. The second kappa shape index (κ2) is 6.48. The van der Waals surface area contributed by atoms with Crippen LogP contribution in [0.1, 0.15) is 26.3 Å². The molecule has 1 amide bonds. The van der Waals surface area contributed by atoms with Gasteiger partial charge in [0.1, 0.15) is 0 Å². The number of nitrogens with zero attached hydrogens (tertiary/aromatic N) is 2. The summed E-state index contributed by atoms with van der Waals surface area (Å²) in [7, 11) is 0. The van der Waals surface area contributed by atoms with Crippen LogP contribution in [0.3, 0.4) is 0 Å². The van der Waals surface area contributed by atoms with E-state index in [1.165, 1.54) is 11.8 Å². The van der Waals surface area contributed by atoms with Gasteiger partial charge in [0.05, 0.1) is 11.4 Å². The normalized spacial score (nSPS) is 11.3. The minimum absolute atomic E-state index is 0.0169. The molecule has 0 spiro atoms. The van der Waals surface area contributed by atoms with Crippen molar-refractivity contribution in [2.75, 3.05) is 11.6 Å². The Bertz CT molecular complexity index is 693. The van der Waals surface area contributed by atoms with Gasteiger partial charge in [-0.05, 0) is 31.4 Å². The van der Waals surface area contributed by atoms with Gasteiger partial charge < -0.3 is 5.32 Å². The zero-order chi connectivity index (χ0) is 16.3. The van der Waals surface area contributed by atoms with E-state index >= 15 is 0 Å². The van der Waals surface area contributed by atoms with Crippen LogP contribution in [-0.4, -0.2) is 22.1 Å². The number of benzene rings is 1. The molecule has 116 valence electrons. The van der Waals surface area contributed by atoms with Crippen LogP contribution >= 0.6 is 11.8 Å². The fourth-order valence-electron chi connectivity index (χ4n) is 1.88. The summed E-state index contributed by atoms with van der Waals surface area (Å²) in [6.45, 7) is 7.71. The Morgan fingerprint density at radius 2 is 1.95 bits per heavy atom. The molecule has 0 saturated carbocycles. The van der Waals surface area contributed by atoms with E-state index in [4.69, 9.17) is 0 Å². The van der Waals surface area contributed by atoms with Crippen molar-refractivity contribution < 1.29 is 4.79 Å². The van der Waals surface area contributed by atoms with E-state index in [1.54, 1.807) is 6.20 Å². The first kappa shape index (κ1) is 16.5. The average molecular weight is 315 g/mol. The van der Waals surface area contributed by atoms with E-state index in [2.05, 4.69) is 15.3 Å². The van der Waals surface area contributed by atoms with Crippen molar-refractivity contribution in [3.8, 4) is 11.3 Å². The van der Waals surface area contributed by atoms with Crippen LogP contribution in [0, 0.1) is 12.3 Å². The minimum atomic E-state index is -0.446. The highest BCUT2D eigenvalue weighted by Crippen LogP contribution is 2.30. The van der Waals surface area contributed by atoms with Gasteiger partial charge in [-0.25, -0.2) is 9.97 Å². The van der Waals surface area contributed by atoms with Gasteiger partial charge in [0.25, 0.3) is 0 Å². The molecule has 0 fully saturated rings. The van der Waals surface area contributed by atoms with Gasteiger partial charge in [-0.15, -0.1) is 0 Å². The Morgan fingerprint density at radius 1 is 1.23 bits per heavy atom. The van der Waals surface area contributed by atoms with Gasteiger partial charge in [0.2, 0.25) is 5.91 Å². The summed E-state index contributed by atoms with van der Waals surface area (Å²) in [5, 5.41) is 3.72. The predicted octanol–water partition coefficient (Wildman–Crippen LogP) is 4.16. The molecule has 2 rings (SSSR count). The number of hydrogen-bond acceptors (Lipinski definition) is 4.